The van der Waals surface area contributed by atoms with Crippen LogP contribution in [0.1, 0.15) is 24.0 Å². The first kappa shape index (κ1) is 21.3. The number of piperidine rings is 1. The Kier molecular flexibility index (Phi) is 5.96. The summed E-state index contributed by atoms with van der Waals surface area (Å²) in [6, 6.07) is 14.1. The molecule has 2 heterocycles. The Labute approximate surface area is 182 Å². The van der Waals surface area contributed by atoms with E-state index >= 15 is 0 Å². The van der Waals surface area contributed by atoms with Gasteiger partial charge in [-0.1, -0.05) is 30.3 Å². The number of nitrogens with one attached hydrogen (secondary N) is 1. The fourth-order valence-corrected chi connectivity index (χ4v) is 4.82. The molecule has 1 N–H and O–H groups in total. The van der Waals surface area contributed by atoms with Crippen LogP contribution in [-0.4, -0.2) is 54.5 Å². The van der Waals surface area contributed by atoms with Gasteiger partial charge < -0.3 is 10.1 Å². The lowest BCUT2D eigenvalue weighted by Gasteiger charge is -2.41. The van der Waals surface area contributed by atoms with E-state index in [0.29, 0.717) is 18.5 Å². The number of halogens is 1. The molecule has 164 valence electrons. The predicted octanol–water partition coefficient (Wildman–Crippen LogP) is 3.21. The van der Waals surface area contributed by atoms with Gasteiger partial charge in [0.05, 0.1) is 7.11 Å². The van der Waals surface area contributed by atoms with Gasteiger partial charge in [-0.15, -0.1) is 0 Å². The van der Waals surface area contributed by atoms with Crippen LogP contribution in [0.25, 0.3) is 0 Å². The molecule has 0 bridgehead atoms. The van der Waals surface area contributed by atoms with E-state index in [-0.39, 0.29) is 23.7 Å². The third-order valence-electron chi connectivity index (χ3n) is 6.57. The van der Waals surface area contributed by atoms with Crippen molar-refractivity contribution in [2.75, 3.05) is 27.2 Å². The van der Waals surface area contributed by atoms with Gasteiger partial charge in [0.2, 0.25) is 0 Å². The van der Waals surface area contributed by atoms with Crippen LogP contribution in [0, 0.1) is 11.7 Å². The lowest BCUT2D eigenvalue weighted by Crippen LogP contribution is -2.57. The van der Waals surface area contributed by atoms with Crippen LogP contribution in [0.3, 0.4) is 0 Å². The number of ether oxygens (including phenoxy) is 1. The minimum absolute atomic E-state index is 0.00280. The minimum Gasteiger partial charge on any atom is -0.497 e. The molecular formula is C24H28FN3O3. The number of amides is 3. The average molecular weight is 426 g/mol. The first-order valence-electron chi connectivity index (χ1n) is 10.6. The number of carbonyl (C=O) groups is 2. The maximum absolute atomic E-state index is 14.0. The quantitative estimate of drug-likeness (QED) is 0.722. The molecule has 2 aromatic rings. The van der Waals surface area contributed by atoms with Crippen molar-refractivity contribution in [2.24, 2.45) is 5.92 Å². The lowest BCUT2D eigenvalue weighted by atomic mass is 9.74. The molecule has 3 amide bonds. The average Bonchev–Trinajstić information content (AvgIpc) is 3.00. The Morgan fingerprint density at radius 3 is 2.52 bits per heavy atom. The number of imide groups is 1. The van der Waals surface area contributed by atoms with Gasteiger partial charge in [-0.05, 0) is 55.6 Å². The third kappa shape index (κ3) is 4.14. The first-order chi connectivity index (χ1) is 14.9. The van der Waals surface area contributed by atoms with Gasteiger partial charge in [0.25, 0.3) is 5.91 Å². The predicted molar refractivity (Wildman–Crippen MR) is 115 cm³/mol. The van der Waals surface area contributed by atoms with Crippen molar-refractivity contribution >= 4 is 11.9 Å². The third-order valence-corrected chi connectivity index (χ3v) is 6.57. The highest BCUT2D eigenvalue weighted by Gasteiger charge is 2.54. The zero-order chi connectivity index (χ0) is 22.0. The summed E-state index contributed by atoms with van der Waals surface area (Å²) in [7, 11) is 3.13. The maximum Gasteiger partial charge on any atom is 0.324 e. The van der Waals surface area contributed by atoms with Crippen LogP contribution < -0.4 is 10.1 Å². The number of hydrogen-bond donors (Lipinski definition) is 1. The van der Waals surface area contributed by atoms with Gasteiger partial charge in [0.1, 0.15) is 17.1 Å². The molecule has 2 aliphatic rings. The summed E-state index contributed by atoms with van der Waals surface area (Å²) in [6.45, 7) is 2.03. The summed E-state index contributed by atoms with van der Waals surface area (Å²) >= 11 is 0. The van der Waals surface area contributed by atoms with Crippen molar-refractivity contribution < 1.29 is 18.7 Å². The van der Waals surface area contributed by atoms with Gasteiger partial charge in [0, 0.05) is 25.6 Å². The van der Waals surface area contributed by atoms with E-state index in [4.69, 9.17) is 4.74 Å². The summed E-state index contributed by atoms with van der Waals surface area (Å²) in [6.07, 6.45) is 1.91. The smallest absolute Gasteiger partial charge is 0.324 e. The van der Waals surface area contributed by atoms with Crippen LogP contribution in [0.2, 0.25) is 0 Å². The zero-order valence-corrected chi connectivity index (χ0v) is 17.9. The number of likely N-dealkylation sites (tertiary alicyclic amines) is 1. The number of urea groups is 1. The highest BCUT2D eigenvalue weighted by atomic mass is 19.1. The fourth-order valence-electron chi connectivity index (χ4n) is 4.82. The molecule has 1 atom stereocenters. The van der Waals surface area contributed by atoms with E-state index in [0.717, 1.165) is 37.2 Å². The van der Waals surface area contributed by atoms with E-state index in [9.17, 15) is 14.0 Å². The number of rotatable bonds is 6. The van der Waals surface area contributed by atoms with E-state index in [2.05, 4.69) is 10.2 Å². The molecule has 0 spiro atoms. The normalized spacial score (nSPS) is 22.6. The molecule has 0 unspecified atom stereocenters. The monoisotopic (exact) mass is 425 g/mol. The van der Waals surface area contributed by atoms with E-state index in [1.165, 1.54) is 18.0 Å². The molecule has 0 saturated carbocycles. The van der Waals surface area contributed by atoms with Crippen molar-refractivity contribution in [3.05, 3.63) is 65.5 Å². The van der Waals surface area contributed by atoms with Crippen LogP contribution in [0.15, 0.2) is 48.5 Å². The highest BCUT2D eigenvalue weighted by Crippen LogP contribution is 2.37. The van der Waals surface area contributed by atoms with Crippen LogP contribution in [0.4, 0.5) is 9.18 Å². The summed E-state index contributed by atoms with van der Waals surface area (Å²) in [5.41, 5.74) is 0.650. The molecule has 4 rings (SSSR count). The molecule has 31 heavy (non-hydrogen) atoms. The van der Waals surface area contributed by atoms with Gasteiger partial charge in [-0.3, -0.25) is 14.6 Å². The fraction of sp³-hybridized carbons (Fsp3) is 0.417. The van der Waals surface area contributed by atoms with Gasteiger partial charge in [-0.25, -0.2) is 9.18 Å². The molecule has 2 fully saturated rings. The topological polar surface area (TPSA) is 61.9 Å². The molecule has 0 aliphatic carbocycles. The number of benzene rings is 2. The molecule has 2 aromatic carbocycles. The Morgan fingerprint density at radius 1 is 1.13 bits per heavy atom. The van der Waals surface area contributed by atoms with Gasteiger partial charge >= 0.3 is 6.03 Å². The van der Waals surface area contributed by atoms with E-state index in [1.807, 2.05) is 30.3 Å². The van der Waals surface area contributed by atoms with Crippen LogP contribution >= 0.6 is 0 Å². The number of methoxy groups -OCH3 is 1. The Hall–Kier alpha value is -2.93. The minimum atomic E-state index is -0.970. The van der Waals surface area contributed by atoms with Crippen molar-refractivity contribution in [3.8, 4) is 5.75 Å². The van der Waals surface area contributed by atoms with E-state index in [1.54, 1.807) is 19.2 Å². The first-order valence-corrected chi connectivity index (χ1v) is 10.6. The highest BCUT2D eigenvalue weighted by molar-refractivity contribution is 6.07. The summed E-state index contributed by atoms with van der Waals surface area (Å²) in [5, 5.41) is 3.01. The standard InChI is InChI=1S/C24H28FN3O3/c1-27-22(29)24(26-23(27)30,15-17-6-5-8-20(14-17)31-2)19-10-12-28(13-11-19)16-18-7-3-4-9-21(18)25/h3-9,14,19H,10-13,15-16H2,1-2H3,(H,26,30)/t24-/m0/s1. The van der Waals surface area contributed by atoms with E-state index < -0.39 is 5.54 Å². The number of likely N-dealkylation sites (N-methyl/N-ethyl adjacent to an activating group) is 1. The van der Waals surface area contributed by atoms with Crippen molar-refractivity contribution in [1.82, 2.24) is 15.1 Å². The largest absolute Gasteiger partial charge is 0.497 e. The lowest BCUT2D eigenvalue weighted by molar-refractivity contribution is -0.133. The second-order valence-corrected chi connectivity index (χ2v) is 8.44. The maximum atomic E-state index is 14.0. The van der Waals surface area contributed by atoms with Crippen molar-refractivity contribution in [2.45, 2.75) is 31.3 Å². The molecule has 2 saturated heterocycles. The van der Waals surface area contributed by atoms with Gasteiger partial charge in [-0.2, -0.15) is 0 Å². The summed E-state index contributed by atoms with van der Waals surface area (Å²) < 4.78 is 19.4. The molecular weight excluding hydrogens is 397 g/mol. The second kappa shape index (κ2) is 8.67. The molecule has 2 aliphatic heterocycles. The molecule has 0 aromatic heterocycles. The summed E-state index contributed by atoms with van der Waals surface area (Å²) in [5.74, 6) is 0.335. The van der Waals surface area contributed by atoms with Crippen molar-refractivity contribution in [1.29, 1.82) is 0 Å². The number of hydrogen-bond acceptors (Lipinski definition) is 4. The Bertz CT molecular complexity index is 974. The Balaban J connectivity index is 1.52. The second-order valence-electron chi connectivity index (χ2n) is 8.44. The van der Waals surface area contributed by atoms with Crippen molar-refractivity contribution in [3.63, 3.8) is 0 Å². The number of nitrogens with zero attached hydrogens (tertiary/aromatic N) is 2. The Morgan fingerprint density at radius 2 is 1.87 bits per heavy atom. The van der Waals surface area contributed by atoms with Gasteiger partial charge in [0.15, 0.2) is 0 Å². The SMILES string of the molecule is COc1cccc(C[C@@]2(C3CCN(Cc4ccccc4F)CC3)NC(=O)N(C)C2=O)c1. The summed E-state index contributed by atoms with van der Waals surface area (Å²) in [4.78, 5) is 29.1. The van der Waals surface area contributed by atoms with Crippen LogP contribution in [0.5, 0.6) is 5.75 Å². The molecule has 6 nitrogen and oxygen atoms in total. The molecule has 7 heteroatoms. The van der Waals surface area contributed by atoms with Crippen LogP contribution in [-0.2, 0) is 17.8 Å². The number of carbonyl (C=O) groups excluding carboxylic acids is 2. The zero-order valence-electron chi connectivity index (χ0n) is 17.9. The molecule has 0 radical (unpaired) electrons.